The second-order valence-corrected chi connectivity index (χ2v) is 12.7. The molecule has 0 unspecified atom stereocenters. The molecule has 2 aromatic heterocycles. The van der Waals surface area contributed by atoms with Gasteiger partial charge in [-0.05, 0) is 72.7 Å². The third-order valence-electron chi connectivity index (χ3n) is 8.13. The van der Waals surface area contributed by atoms with E-state index in [1.165, 1.54) is 16.5 Å². The van der Waals surface area contributed by atoms with Crippen molar-refractivity contribution in [1.82, 2.24) is 20.1 Å². The van der Waals surface area contributed by atoms with Gasteiger partial charge >= 0.3 is 0 Å². The molecule has 3 atom stereocenters. The summed E-state index contributed by atoms with van der Waals surface area (Å²) in [6.45, 7) is 3.27. The minimum Gasteiger partial charge on any atom is -0.366 e. The van der Waals surface area contributed by atoms with Crippen LogP contribution < -0.4 is 5.32 Å². The van der Waals surface area contributed by atoms with Gasteiger partial charge < -0.3 is 10.3 Å². The van der Waals surface area contributed by atoms with Crippen molar-refractivity contribution < 1.29 is 8.42 Å². The molecule has 7 nitrogen and oxygen atoms in total. The van der Waals surface area contributed by atoms with Crippen molar-refractivity contribution in [1.29, 1.82) is 0 Å². The number of sulfone groups is 1. The Bertz CT molecular complexity index is 1240. The Balaban J connectivity index is 1.03. The molecule has 2 N–H and O–H groups in total. The van der Waals surface area contributed by atoms with E-state index in [9.17, 15) is 8.42 Å². The first-order valence-corrected chi connectivity index (χ1v) is 14.2. The fourth-order valence-corrected chi connectivity index (χ4v) is 8.11. The van der Waals surface area contributed by atoms with E-state index in [1.807, 2.05) is 6.20 Å². The van der Waals surface area contributed by atoms with Gasteiger partial charge in [0.15, 0.2) is 14.9 Å². The minimum atomic E-state index is -3.37. The normalized spacial score (nSPS) is 26.2. The van der Waals surface area contributed by atoms with E-state index in [0.717, 1.165) is 64.6 Å². The monoisotopic (exact) mass is 479 g/mol. The number of aromatic nitrogens is 3. The van der Waals surface area contributed by atoms with Crippen LogP contribution in [0.15, 0.2) is 47.6 Å². The number of nitrogens with one attached hydrogen (secondary N) is 2. The van der Waals surface area contributed by atoms with Crippen LogP contribution >= 0.6 is 0 Å². The van der Waals surface area contributed by atoms with Crippen LogP contribution in [-0.4, -0.2) is 52.9 Å². The van der Waals surface area contributed by atoms with Crippen molar-refractivity contribution >= 4 is 26.6 Å². The third-order valence-corrected chi connectivity index (χ3v) is 10.3. The standard InChI is InChI=1S/C26H33N5O2S/c32-34(33,23-4-2-1-3-5-23)26-9-8-25(29-30-26)28-22-13-20-16-31(17-21(20)14-22)15-18-6-7-19-10-11-27-24(19)12-18/h6-12,20-23,27H,1-5,13-17H2,(H,28,29)/t20-,21+,22+. The number of fused-ring (bicyclic) bond motifs is 2. The molecule has 3 aromatic rings. The second-order valence-electron chi connectivity index (χ2n) is 10.5. The highest BCUT2D eigenvalue weighted by molar-refractivity contribution is 7.92. The van der Waals surface area contributed by atoms with Gasteiger partial charge in [-0.3, -0.25) is 4.90 Å². The Morgan fingerprint density at radius 3 is 2.50 bits per heavy atom. The average Bonchev–Trinajstić information content (AvgIpc) is 3.55. The maximum atomic E-state index is 12.9. The summed E-state index contributed by atoms with van der Waals surface area (Å²) < 4.78 is 25.7. The van der Waals surface area contributed by atoms with Crippen LogP contribution in [0.3, 0.4) is 0 Å². The molecule has 0 spiro atoms. The molecule has 6 rings (SSSR count). The average molecular weight is 480 g/mol. The SMILES string of the molecule is O=S(=O)(c1ccc(N[C@H]2C[C@@H]3CN(Cc4ccc5cc[nH]c5c4)C[C@@H]3C2)nn1)C1CCCCC1. The van der Waals surface area contributed by atoms with Crippen LogP contribution in [0.1, 0.15) is 50.5 Å². The molecule has 34 heavy (non-hydrogen) atoms. The summed E-state index contributed by atoms with van der Waals surface area (Å²) in [5, 5.41) is 13.0. The summed E-state index contributed by atoms with van der Waals surface area (Å²) in [5.41, 5.74) is 2.57. The molecule has 180 valence electrons. The van der Waals surface area contributed by atoms with E-state index in [1.54, 1.807) is 12.1 Å². The van der Waals surface area contributed by atoms with E-state index >= 15 is 0 Å². The predicted molar refractivity (Wildman–Crippen MR) is 133 cm³/mol. The van der Waals surface area contributed by atoms with Crippen LogP contribution in [0.25, 0.3) is 10.9 Å². The first-order chi connectivity index (χ1) is 16.5. The lowest BCUT2D eigenvalue weighted by atomic mass is 10.0. The summed E-state index contributed by atoms with van der Waals surface area (Å²) in [6, 6.07) is 12.6. The summed E-state index contributed by atoms with van der Waals surface area (Å²) in [5.74, 6) is 2.08. The van der Waals surface area contributed by atoms with Crippen LogP contribution in [0, 0.1) is 11.8 Å². The van der Waals surface area contributed by atoms with Crippen molar-refractivity contribution in [2.45, 2.75) is 67.8 Å². The molecule has 3 fully saturated rings. The van der Waals surface area contributed by atoms with Crippen molar-refractivity contribution in [3.05, 3.63) is 48.2 Å². The molecule has 0 bridgehead atoms. The zero-order valence-corrected chi connectivity index (χ0v) is 20.3. The summed E-state index contributed by atoms with van der Waals surface area (Å²) in [6.07, 6.45) is 8.83. The number of H-pyrrole nitrogens is 1. The fraction of sp³-hybridized carbons (Fsp3) is 0.538. The molecule has 1 saturated heterocycles. The fourth-order valence-electron chi connectivity index (χ4n) is 6.40. The minimum absolute atomic E-state index is 0.126. The van der Waals surface area contributed by atoms with E-state index in [4.69, 9.17) is 0 Å². The highest BCUT2D eigenvalue weighted by Gasteiger charge is 2.41. The number of nitrogens with zero attached hydrogens (tertiary/aromatic N) is 3. The van der Waals surface area contributed by atoms with Gasteiger partial charge in [-0.2, -0.15) is 0 Å². The molecule has 3 heterocycles. The van der Waals surface area contributed by atoms with Crippen molar-refractivity contribution in [2.24, 2.45) is 11.8 Å². The molecule has 0 amide bonds. The van der Waals surface area contributed by atoms with Gasteiger partial charge in [-0.15, -0.1) is 10.2 Å². The predicted octanol–water partition coefficient (Wildman–Crippen LogP) is 4.39. The van der Waals surface area contributed by atoms with Crippen LogP contribution in [0.2, 0.25) is 0 Å². The molecule has 8 heteroatoms. The Hall–Kier alpha value is -2.45. The van der Waals surface area contributed by atoms with E-state index < -0.39 is 9.84 Å². The van der Waals surface area contributed by atoms with Gasteiger partial charge in [-0.25, -0.2) is 8.42 Å². The molecule has 0 radical (unpaired) electrons. The Morgan fingerprint density at radius 2 is 1.76 bits per heavy atom. The zero-order valence-electron chi connectivity index (χ0n) is 19.5. The lowest BCUT2D eigenvalue weighted by molar-refractivity contribution is 0.301. The topological polar surface area (TPSA) is 91.0 Å². The lowest BCUT2D eigenvalue weighted by Crippen LogP contribution is -2.26. The third kappa shape index (κ3) is 4.33. The van der Waals surface area contributed by atoms with Gasteiger partial charge in [0.2, 0.25) is 0 Å². The first kappa shape index (κ1) is 22.0. The van der Waals surface area contributed by atoms with Crippen LogP contribution in [0.4, 0.5) is 5.82 Å². The molecule has 1 aromatic carbocycles. The number of anilines is 1. The first-order valence-electron chi connectivity index (χ1n) is 12.7. The Kier molecular flexibility index (Phi) is 5.81. The highest BCUT2D eigenvalue weighted by Crippen LogP contribution is 2.39. The molecule has 3 aliphatic rings. The van der Waals surface area contributed by atoms with Crippen molar-refractivity contribution in [3.63, 3.8) is 0 Å². The van der Waals surface area contributed by atoms with Gasteiger partial charge in [0.1, 0.15) is 5.82 Å². The zero-order chi connectivity index (χ0) is 23.1. The number of benzene rings is 1. The molecule has 1 aliphatic heterocycles. The molecule has 2 aliphatic carbocycles. The van der Waals surface area contributed by atoms with Gasteiger partial charge in [-0.1, -0.05) is 31.4 Å². The number of hydrogen-bond donors (Lipinski definition) is 2. The number of likely N-dealkylation sites (tertiary alicyclic amines) is 1. The lowest BCUT2D eigenvalue weighted by Gasteiger charge is -2.21. The Morgan fingerprint density at radius 1 is 0.971 bits per heavy atom. The van der Waals surface area contributed by atoms with Gasteiger partial charge in [0.05, 0.1) is 5.25 Å². The van der Waals surface area contributed by atoms with Crippen LogP contribution in [0.5, 0.6) is 0 Å². The second kappa shape index (κ2) is 8.96. The molecular formula is C26H33N5O2S. The Labute approximate surface area is 201 Å². The smallest absolute Gasteiger partial charge is 0.200 e. The van der Waals surface area contributed by atoms with Gasteiger partial charge in [0, 0.05) is 37.4 Å². The molecular weight excluding hydrogens is 446 g/mol. The largest absolute Gasteiger partial charge is 0.366 e. The van der Waals surface area contributed by atoms with E-state index in [-0.39, 0.29) is 10.3 Å². The van der Waals surface area contributed by atoms with Crippen molar-refractivity contribution in [2.75, 3.05) is 18.4 Å². The maximum Gasteiger partial charge on any atom is 0.200 e. The summed E-state index contributed by atoms with van der Waals surface area (Å²) in [4.78, 5) is 5.89. The van der Waals surface area contributed by atoms with Crippen LogP contribution in [-0.2, 0) is 16.4 Å². The van der Waals surface area contributed by atoms with Crippen molar-refractivity contribution in [3.8, 4) is 0 Å². The summed E-state index contributed by atoms with van der Waals surface area (Å²) >= 11 is 0. The number of rotatable bonds is 6. The number of aromatic amines is 1. The van der Waals surface area contributed by atoms with Gasteiger partial charge in [0.25, 0.3) is 0 Å². The summed E-state index contributed by atoms with van der Waals surface area (Å²) in [7, 11) is -3.37. The van der Waals surface area contributed by atoms with E-state index in [0.29, 0.717) is 23.7 Å². The number of hydrogen-bond acceptors (Lipinski definition) is 6. The highest BCUT2D eigenvalue weighted by atomic mass is 32.2. The maximum absolute atomic E-state index is 12.9. The van der Waals surface area contributed by atoms with E-state index in [2.05, 4.69) is 49.7 Å². The molecule has 2 saturated carbocycles. The quantitative estimate of drug-likeness (QED) is 0.545.